The van der Waals surface area contributed by atoms with Crippen LogP contribution in [0.2, 0.25) is 0 Å². The van der Waals surface area contributed by atoms with Crippen molar-refractivity contribution >= 4 is 43.0 Å². The topological polar surface area (TPSA) is 143 Å². The molecule has 0 unspecified atom stereocenters. The Kier molecular flexibility index (Phi) is 12.5. The number of fused-ring (bicyclic) bond motifs is 1. The number of nitrogens with one attached hydrogen (secondary N) is 1. The molecule has 4 rings (SSSR count). The zero-order valence-electron chi connectivity index (χ0n) is 27.5. The van der Waals surface area contributed by atoms with Crippen molar-refractivity contribution in [3.8, 4) is 5.75 Å². The van der Waals surface area contributed by atoms with Crippen molar-refractivity contribution in [2.45, 2.75) is 74.3 Å². The molecule has 11 nitrogen and oxygen atoms in total. The van der Waals surface area contributed by atoms with E-state index in [-0.39, 0.29) is 52.1 Å². The van der Waals surface area contributed by atoms with Crippen LogP contribution >= 0.6 is 11.3 Å². The summed E-state index contributed by atoms with van der Waals surface area (Å²) in [5.74, 6) is -0.511. The molecule has 1 aromatic heterocycles. The van der Waals surface area contributed by atoms with Crippen LogP contribution in [0.1, 0.15) is 56.0 Å². The second-order valence-electron chi connectivity index (χ2n) is 12.1. The van der Waals surface area contributed by atoms with Crippen LogP contribution in [0.15, 0.2) is 69.1 Å². The first-order valence-electron chi connectivity index (χ1n) is 15.7. The minimum Gasteiger partial charge on any atom is -0.490 e. The van der Waals surface area contributed by atoms with Gasteiger partial charge in [-0.2, -0.15) is 4.31 Å². The number of amides is 1. The monoisotopic (exact) mass is 707 g/mol. The van der Waals surface area contributed by atoms with E-state index in [9.17, 15) is 26.7 Å². The first-order valence-corrected chi connectivity index (χ1v) is 19.5. The number of ether oxygens (including phenoxy) is 2. The van der Waals surface area contributed by atoms with Gasteiger partial charge < -0.3 is 19.5 Å². The average molecular weight is 708 g/mol. The Morgan fingerprint density at radius 2 is 1.81 bits per heavy atom. The lowest BCUT2D eigenvalue weighted by atomic mass is 10.0. The number of aliphatic hydroxyl groups excluding tert-OH is 1. The van der Waals surface area contributed by atoms with Crippen molar-refractivity contribution in [2.75, 3.05) is 38.1 Å². The van der Waals surface area contributed by atoms with E-state index in [0.29, 0.717) is 18.8 Å². The lowest BCUT2D eigenvalue weighted by molar-refractivity contribution is -0.00833. The molecule has 0 bridgehead atoms. The summed E-state index contributed by atoms with van der Waals surface area (Å²) < 4.78 is 69.4. The molecule has 0 radical (unpaired) electrons. The molecular formula is C33H45N3O8S3. The molecule has 0 saturated carbocycles. The van der Waals surface area contributed by atoms with Gasteiger partial charge in [-0.3, -0.25) is 9.52 Å². The van der Waals surface area contributed by atoms with Crippen molar-refractivity contribution < 1.29 is 36.2 Å². The number of carbonyl (C=O) groups is 1. The summed E-state index contributed by atoms with van der Waals surface area (Å²) in [5, 5.41) is 11.9. The van der Waals surface area contributed by atoms with Gasteiger partial charge in [0.1, 0.15) is 9.96 Å². The lowest BCUT2D eigenvalue weighted by Gasteiger charge is -2.35. The molecule has 2 N–H and O–H groups in total. The van der Waals surface area contributed by atoms with Crippen molar-refractivity contribution in [3.63, 3.8) is 0 Å². The normalized spacial score (nSPS) is 21.0. The van der Waals surface area contributed by atoms with Crippen molar-refractivity contribution in [2.24, 2.45) is 5.92 Å². The van der Waals surface area contributed by atoms with Crippen LogP contribution in [-0.4, -0.2) is 88.7 Å². The van der Waals surface area contributed by atoms with Gasteiger partial charge in [-0.25, -0.2) is 16.8 Å². The molecule has 3 aromatic rings. The van der Waals surface area contributed by atoms with Gasteiger partial charge in [0.15, 0.2) is 0 Å². The number of anilines is 1. The number of aryl methyl sites for hydroxylation is 1. The highest BCUT2D eigenvalue weighted by Gasteiger charge is 2.32. The number of carbonyl (C=O) groups excluding carboxylic acids is 1. The third-order valence-corrected chi connectivity index (χ3v) is 12.8. The number of rotatable bonds is 9. The summed E-state index contributed by atoms with van der Waals surface area (Å²) >= 11 is 1.08. The molecular weight excluding hydrogens is 663 g/mol. The van der Waals surface area contributed by atoms with E-state index in [4.69, 9.17) is 9.47 Å². The van der Waals surface area contributed by atoms with Gasteiger partial charge >= 0.3 is 0 Å². The Hall–Kier alpha value is -3.01. The molecule has 0 fully saturated rings. The zero-order chi connectivity index (χ0) is 34.4. The zero-order valence-corrected chi connectivity index (χ0v) is 29.9. The van der Waals surface area contributed by atoms with Crippen LogP contribution in [0.3, 0.4) is 0 Å². The molecule has 1 aliphatic rings. The van der Waals surface area contributed by atoms with Crippen LogP contribution in [-0.2, 0) is 24.8 Å². The number of hydrogen-bond acceptors (Lipinski definition) is 9. The Morgan fingerprint density at radius 1 is 1.09 bits per heavy atom. The van der Waals surface area contributed by atoms with Crippen molar-refractivity contribution in [1.82, 2.24) is 9.21 Å². The number of likely N-dealkylation sites (N-methyl/N-ethyl adjacent to an activating group) is 1. The van der Waals surface area contributed by atoms with Gasteiger partial charge in [-0.1, -0.05) is 30.7 Å². The minimum atomic E-state index is -3.88. The van der Waals surface area contributed by atoms with Gasteiger partial charge in [0.05, 0.1) is 35.3 Å². The van der Waals surface area contributed by atoms with Gasteiger partial charge in [-0.05, 0) is 81.8 Å². The second-order valence-corrected chi connectivity index (χ2v) is 17.0. The maximum Gasteiger partial charge on any atom is 0.271 e. The largest absolute Gasteiger partial charge is 0.490 e. The number of thiophene rings is 1. The van der Waals surface area contributed by atoms with Crippen LogP contribution in [0.25, 0.3) is 0 Å². The summed E-state index contributed by atoms with van der Waals surface area (Å²) in [6, 6.07) is 13.8. The number of benzene rings is 2. The van der Waals surface area contributed by atoms with Gasteiger partial charge in [0.2, 0.25) is 10.0 Å². The van der Waals surface area contributed by atoms with E-state index < -0.39 is 38.1 Å². The Morgan fingerprint density at radius 3 is 2.47 bits per heavy atom. The maximum absolute atomic E-state index is 14.3. The summed E-state index contributed by atoms with van der Waals surface area (Å²) in [4.78, 5) is 16.0. The lowest BCUT2D eigenvalue weighted by Crippen LogP contribution is -2.48. The van der Waals surface area contributed by atoms with E-state index in [1.54, 1.807) is 54.8 Å². The Labute approximate surface area is 282 Å². The fourth-order valence-corrected chi connectivity index (χ4v) is 8.54. The maximum atomic E-state index is 14.3. The van der Waals surface area contributed by atoms with Crippen molar-refractivity contribution in [3.05, 3.63) is 71.1 Å². The van der Waals surface area contributed by atoms with E-state index in [1.165, 1.54) is 28.4 Å². The van der Waals surface area contributed by atoms with Gasteiger partial charge in [0, 0.05) is 38.3 Å². The fourth-order valence-electron chi connectivity index (χ4n) is 5.31. The highest BCUT2D eigenvalue weighted by atomic mass is 32.2. The van der Waals surface area contributed by atoms with Crippen LogP contribution in [0, 0.1) is 12.8 Å². The first kappa shape index (κ1) is 36.8. The van der Waals surface area contributed by atoms with E-state index in [2.05, 4.69) is 4.72 Å². The van der Waals surface area contributed by atoms with E-state index in [0.717, 1.165) is 29.7 Å². The summed E-state index contributed by atoms with van der Waals surface area (Å²) in [6.07, 6.45) is 1.33. The summed E-state index contributed by atoms with van der Waals surface area (Å²) in [6.45, 7) is 7.64. The third kappa shape index (κ3) is 9.33. The molecule has 0 aliphatic carbocycles. The van der Waals surface area contributed by atoms with Crippen molar-refractivity contribution in [1.29, 1.82) is 0 Å². The standard InChI is InChI=1S/C33H45N3O8S3/c1-23-11-14-28(15-12-23)47(41,42)35(5)21-31-24(2)20-36(25(3)22-37)33(38)29-19-27(34-46(39,40)32-10-8-18-45-32)13-16-30(29)44-26(4)9-6-7-17-43-31/h8,10-16,18-19,24-26,31,34,37H,6-7,9,17,20-22H2,1-5H3/t24-,25+,26+,31-/m1/s1. The van der Waals surface area contributed by atoms with Crippen LogP contribution in [0.5, 0.6) is 5.75 Å². The molecule has 1 amide bonds. The SMILES string of the molecule is Cc1ccc(S(=O)(=O)N(C)C[C@H]2OCCCC[C@H](C)Oc3ccc(NS(=O)(=O)c4cccs4)cc3C(=O)N([C@@H](C)CO)C[C@H]2C)cc1. The van der Waals surface area contributed by atoms with Crippen LogP contribution in [0.4, 0.5) is 5.69 Å². The smallest absolute Gasteiger partial charge is 0.271 e. The fraction of sp³-hybridized carbons (Fsp3) is 0.485. The summed E-state index contributed by atoms with van der Waals surface area (Å²) in [7, 11) is -6.17. The number of nitrogens with zero attached hydrogens (tertiary/aromatic N) is 2. The predicted octanol–water partition coefficient (Wildman–Crippen LogP) is 4.97. The van der Waals surface area contributed by atoms with E-state index >= 15 is 0 Å². The molecule has 47 heavy (non-hydrogen) atoms. The number of sulfonamides is 2. The van der Waals surface area contributed by atoms with Gasteiger partial charge in [-0.15, -0.1) is 11.3 Å². The molecule has 14 heteroatoms. The third-order valence-electron chi connectivity index (χ3n) is 8.23. The molecule has 2 aromatic carbocycles. The molecule has 2 heterocycles. The van der Waals surface area contributed by atoms with Crippen LogP contribution < -0.4 is 9.46 Å². The first-order chi connectivity index (χ1) is 22.2. The predicted molar refractivity (Wildman–Crippen MR) is 183 cm³/mol. The molecule has 0 saturated heterocycles. The quantitative estimate of drug-likeness (QED) is 0.318. The molecule has 4 atom stereocenters. The highest BCUT2D eigenvalue weighted by molar-refractivity contribution is 7.94. The molecule has 258 valence electrons. The Bertz CT molecular complexity index is 1700. The molecule has 0 spiro atoms. The second kappa shape index (κ2) is 15.9. The number of hydrogen-bond donors (Lipinski definition) is 2. The van der Waals surface area contributed by atoms with E-state index in [1.807, 2.05) is 20.8 Å². The molecule has 1 aliphatic heterocycles. The Balaban J connectivity index is 1.67. The summed E-state index contributed by atoms with van der Waals surface area (Å²) in [5.41, 5.74) is 1.28. The minimum absolute atomic E-state index is 0.0532. The number of aliphatic hydroxyl groups is 1. The average Bonchev–Trinajstić information content (AvgIpc) is 3.59. The van der Waals surface area contributed by atoms with Gasteiger partial charge in [0.25, 0.3) is 15.9 Å². The highest BCUT2D eigenvalue weighted by Crippen LogP contribution is 2.30.